The first-order valence-corrected chi connectivity index (χ1v) is 4.17. The highest BCUT2D eigenvalue weighted by molar-refractivity contribution is 5.18. The first-order chi connectivity index (χ1) is 6.75. The van der Waals surface area contributed by atoms with Crippen molar-refractivity contribution >= 4 is 0 Å². The lowest BCUT2D eigenvalue weighted by Crippen LogP contribution is -2.20. The van der Waals surface area contributed by atoms with Gasteiger partial charge in [0.1, 0.15) is 6.10 Å². The van der Waals surface area contributed by atoms with Gasteiger partial charge in [-0.25, -0.2) is 0 Å². The van der Waals surface area contributed by atoms with Gasteiger partial charge in [0.25, 0.3) is 0 Å². The maximum atomic E-state index is 9.58. The van der Waals surface area contributed by atoms with Crippen LogP contribution in [0.25, 0.3) is 10.4 Å². The van der Waals surface area contributed by atoms with Gasteiger partial charge in [-0.3, -0.25) is 0 Å². The Labute approximate surface area is 81.2 Å². The van der Waals surface area contributed by atoms with E-state index in [4.69, 9.17) is 5.53 Å². The van der Waals surface area contributed by atoms with E-state index in [1.807, 2.05) is 6.07 Å². The predicted octanol–water partition coefficient (Wildman–Crippen LogP) is 1.39. The summed E-state index contributed by atoms with van der Waals surface area (Å²) < 4.78 is 0. The molecule has 0 radical (unpaired) electrons. The zero-order valence-corrected chi connectivity index (χ0v) is 7.48. The molecule has 2 atom stereocenters. The van der Waals surface area contributed by atoms with Crippen molar-refractivity contribution in [2.45, 2.75) is 12.2 Å². The second-order valence-corrected chi connectivity index (χ2v) is 2.84. The summed E-state index contributed by atoms with van der Waals surface area (Å²) in [6.07, 6.45) is -2.07. The van der Waals surface area contributed by atoms with Crippen molar-refractivity contribution in [3.8, 4) is 0 Å². The van der Waals surface area contributed by atoms with Crippen LogP contribution in [0.3, 0.4) is 0 Å². The number of rotatable bonds is 4. The van der Waals surface area contributed by atoms with Crippen molar-refractivity contribution < 1.29 is 10.2 Å². The van der Waals surface area contributed by atoms with Crippen molar-refractivity contribution in [1.29, 1.82) is 0 Å². The van der Waals surface area contributed by atoms with E-state index in [1.165, 1.54) is 0 Å². The Morgan fingerprint density at radius 2 is 1.93 bits per heavy atom. The second kappa shape index (κ2) is 5.24. The summed E-state index contributed by atoms with van der Waals surface area (Å²) in [5, 5.41) is 22.2. The van der Waals surface area contributed by atoms with Crippen LogP contribution < -0.4 is 0 Å². The predicted molar refractivity (Wildman–Crippen MR) is 51.4 cm³/mol. The molecule has 74 valence electrons. The molecule has 0 saturated heterocycles. The molecule has 0 unspecified atom stereocenters. The van der Waals surface area contributed by atoms with Gasteiger partial charge in [0, 0.05) is 4.91 Å². The fourth-order valence-electron chi connectivity index (χ4n) is 1.09. The lowest BCUT2D eigenvalue weighted by Gasteiger charge is -2.15. The summed E-state index contributed by atoms with van der Waals surface area (Å²) in [4.78, 5) is 2.51. The lowest BCUT2D eigenvalue weighted by atomic mass is 10.1. The first-order valence-electron chi connectivity index (χ1n) is 4.17. The molecule has 1 rings (SSSR count). The Balaban J connectivity index is 2.65. The third kappa shape index (κ3) is 2.74. The van der Waals surface area contributed by atoms with Crippen LogP contribution in [0.5, 0.6) is 0 Å². The molecule has 1 aromatic carbocycles. The molecule has 0 aliphatic rings. The zero-order valence-electron chi connectivity index (χ0n) is 7.48. The smallest absolute Gasteiger partial charge is 0.105 e. The molecular weight excluding hydrogens is 182 g/mol. The summed E-state index contributed by atoms with van der Waals surface area (Å²) in [7, 11) is 0. The maximum absolute atomic E-state index is 9.58. The first kappa shape index (κ1) is 10.5. The van der Waals surface area contributed by atoms with Crippen molar-refractivity contribution in [3.63, 3.8) is 0 Å². The molecule has 0 saturated carbocycles. The zero-order chi connectivity index (χ0) is 10.4. The summed E-state index contributed by atoms with van der Waals surface area (Å²) in [6, 6.07) is 8.74. The fraction of sp³-hybridized carbons (Fsp3) is 0.333. The van der Waals surface area contributed by atoms with E-state index in [2.05, 4.69) is 10.0 Å². The molecule has 1 aromatic rings. The molecule has 5 heteroatoms. The van der Waals surface area contributed by atoms with Crippen LogP contribution in [-0.2, 0) is 0 Å². The molecule has 0 fully saturated rings. The number of azide groups is 1. The van der Waals surface area contributed by atoms with Crippen molar-refractivity contribution in [2.75, 3.05) is 6.54 Å². The SMILES string of the molecule is [N-]=[N+]=NC[C@@H](O)[C@@H](O)c1ccccc1. The number of nitrogens with zero attached hydrogens (tertiary/aromatic N) is 3. The molecule has 0 aliphatic heterocycles. The van der Waals surface area contributed by atoms with Gasteiger partial charge in [0.15, 0.2) is 0 Å². The number of hydrogen-bond acceptors (Lipinski definition) is 3. The van der Waals surface area contributed by atoms with Gasteiger partial charge in [0.2, 0.25) is 0 Å². The van der Waals surface area contributed by atoms with Gasteiger partial charge in [-0.05, 0) is 11.1 Å². The number of hydrogen-bond donors (Lipinski definition) is 2. The summed E-state index contributed by atoms with van der Waals surface area (Å²) >= 11 is 0. The van der Waals surface area contributed by atoms with Gasteiger partial charge in [0.05, 0.1) is 12.6 Å². The highest BCUT2D eigenvalue weighted by Crippen LogP contribution is 2.16. The largest absolute Gasteiger partial charge is 0.390 e. The van der Waals surface area contributed by atoms with E-state index in [1.54, 1.807) is 24.3 Å². The van der Waals surface area contributed by atoms with Gasteiger partial charge in [-0.2, -0.15) is 0 Å². The van der Waals surface area contributed by atoms with E-state index in [0.29, 0.717) is 5.56 Å². The normalized spacial score (nSPS) is 14.1. The van der Waals surface area contributed by atoms with Crippen LogP contribution in [0.2, 0.25) is 0 Å². The Morgan fingerprint density at radius 3 is 2.50 bits per heavy atom. The Hall–Kier alpha value is -1.55. The summed E-state index contributed by atoms with van der Waals surface area (Å²) in [5.74, 6) is 0. The Kier molecular flexibility index (Phi) is 3.94. The van der Waals surface area contributed by atoms with Crippen LogP contribution >= 0.6 is 0 Å². The average Bonchev–Trinajstić information content (AvgIpc) is 2.26. The number of aliphatic hydroxyl groups is 2. The molecule has 2 N–H and O–H groups in total. The standard InChI is InChI=1S/C9H11N3O2/c10-12-11-6-8(13)9(14)7-4-2-1-3-5-7/h1-5,8-9,13-14H,6H2/t8-,9+/m1/s1. The monoisotopic (exact) mass is 193 g/mol. The minimum absolute atomic E-state index is 0.132. The van der Waals surface area contributed by atoms with E-state index < -0.39 is 12.2 Å². The van der Waals surface area contributed by atoms with Gasteiger partial charge in [-0.15, -0.1) is 0 Å². The van der Waals surface area contributed by atoms with E-state index in [9.17, 15) is 10.2 Å². The van der Waals surface area contributed by atoms with E-state index >= 15 is 0 Å². The van der Waals surface area contributed by atoms with Crippen LogP contribution in [0.1, 0.15) is 11.7 Å². The highest BCUT2D eigenvalue weighted by atomic mass is 16.3. The molecule has 0 aliphatic carbocycles. The molecule has 0 spiro atoms. The fourth-order valence-corrected chi connectivity index (χ4v) is 1.09. The molecule has 14 heavy (non-hydrogen) atoms. The van der Waals surface area contributed by atoms with Gasteiger partial charge >= 0.3 is 0 Å². The molecule has 0 bridgehead atoms. The lowest BCUT2D eigenvalue weighted by molar-refractivity contribution is 0.0244. The van der Waals surface area contributed by atoms with Gasteiger partial charge < -0.3 is 10.2 Å². The minimum atomic E-state index is -1.06. The third-order valence-electron chi connectivity index (χ3n) is 1.84. The summed E-state index contributed by atoms with van der Waals surface area (Å²) in [5.41, 5.74) is 8.64. The molecule has 5 nitrogen and oxygen atoms in total. The summed E-state index contributed by atoms with van der Waals surface area (Å²) in [6.45, 7) is -0.132. The molecular formula is C9H11N3O2. The Morgan fingerprint density at radius 1 is 1.29 bits per heavy atom. The van der Waals surface area contributed by atoms with Crippen LogP contribution in [0, 0.1) is 0 Å². The minimum Gasteiger partial charge on any atom is -0.390 e. The highest BCUT2D eigenvalue weighted by Gasteiger charge is 2.16. The molecule has 0 amide bonds. The molecule has 0 heterocycles. The number of benzene rings is 1. The van der Waals surface area contributed by atoms with Crippen molar-refractivity contribution in [2.24, 2.45) is 5.11 Å². The Bertz CT molecular complexity index is 322. The van der Waals surface area contributed by atoms with Crippen LogP contribution in [-0.4, -0.2) is 22.9 Å². The third-order valence-corrected chi connectivity index (χ3v) is 1.84. The van der Waals surface area contributed by atoms with Crippen molar-refractivity contribution in [1.82, 2.24) is 0 Å². The van der Waals surface area contributed by atoms with E-state index in [-0.39, 0.29) is 6.54 Å². The number of aliphatic hydroxyl groups excluding tert-OH is 2. The van der Waals surface area contributed by atoms with E-state index in [0.717, 1.165) is 0 Å². The second-order valence-electron chi connectivity index (χ2n) is 2.84. The quantitative estimate of drug-likeness (QED) is 0.430. The van der Waals surface area contributed by atoms with Crippen LogP contribution in [0.15, 0.2) is 35.4 Å². The van der Waals surface area contributed by atoms with Crippen molar-refractivity contribution in [3.05, 3.63) is 46.3 Å². The topological polar surface area (TPSA) is 89.2 Å². The maximum Gasteiger partial charge on any atom is 0.105 e. The average molecular weight is 193 g/mol. The van der Waals surface area contributed by atoms with Crippen LogP contribution in [0.4, 0.5) is 0 Å². The van der Waals surface area contributed by atoms with Gasteiger partial charge in [-0.1, -0.05) is 35.4 Å². The molecule has 0 aromatic heterocycles.